The first-order valence-corrected chi connectivity index (χ1v) is 9.70. The first-order valence-electron chi connectivity index (χ1n) is 9.33. The molecule has 0 spiro atoms. The summed E-state index contributed by atoms with van der Waals surface area (Å²) < 4.78 is 6.44. The number of fused-ring (bicyclic) bond motifs is 1. The molecule has 0 amide bonds. The molecule has 0 bridgehead atoms. The van der Waals surface area contributed by atoms with Crippen LogP contribution in [0, 0.1) is 0 Å². The summed E-state index contributed by atoms with van der Waals surface area (Å²) >= 11 is 6.13. The van der Waals surface area contributed by atoms with Crippen molar-refractivity contribution >= 4 is 17.6 Å². The zero-order chi connectivity index (χ0) is 19.7. The minimum Gasteiger partial charge on any atom is -0.487 e. The molecule has 1 aliphatic rings. The van der Waals surface area contributed by atoms with Gasteiger partial charge in [-0.1, -0.05) is 54.1 Å². The molecule has 3 aromatic rings. The highest BCUT2D eigenvalue weighted by atomic mass is 35.5. The standard InChI is InChI=1S/C24H21ClO3/c1-24(15-16-5-4-6-19(25)13-16)12-11-17-9-10-18(14-22(17)28-24)20-7-2-3-8-21(20)23(26)27/h2-10,13-14H,11-12,15H2,1H3,(H,26,27). The molecular weight excluding hydrogens is 372 g/mol. The van der Waals surface area contributed by atoms with Gasteiger partial charge in [0.25, 0.3) is 0 Å². The highest BCUT2D eigenvalue weighted by Crippen LogP contribution is 2.38. The van der Waals surface area contributed by atoms with Gasteiger partial charge in [-0.25, -0.2) is 4.79 Å². The van der Waals surface area contributed by atoms with Gasteiger partial charge in [-0.15, -0.1) is 0 Å². The number of ether oxygens (including phenoxy) is 1. The van der Waals surface area contributed by atoms with Crippen molar-refractivity contribution in [2.24, 2.45) is 0 Å². The second-order valence-corrected chi connectivity index (χ2v) is 7.97. The van der Waals surface area contributed by atoms with Crippen LogP contribution in [0.4, 0.5) is 0 Å². The Morgan fingerprint density at radius 2 is 1.93 bits per heavy atom. The largest absolute Gasteiger partial charge is 0.487 e. The third-order valence-corrected chi connectivity index (χ3v) is 5.52. The molecule has 1 aliphatic heterocycles. The van der Waals surface area contributed by atoms with E-state index in [4.69, 9.17) is 16.3 Å². The summed E-state index contributed by atoms with van der Waals surface area (Å²) in [6, 6.07) is 20.9. The Kier molecular flexibility index (Phi) is 4.86. The van der Waals surface area contributed by atoms with Crippen molar-refractivity contribution in [3.63, 3.8) is 0 Å². The maximum atomic E-state index is 11.6. The highest BCUT2D eigenvalue weighted by molar-refractivity contribution is 6.30. The maximum Gasteiger partial charge on any atom is 0.336 e. The molecule has 1 atom stereocenters. The molecule has 4 rings (SSSR count). The number of aromatic carboxylic acids is 1. The number of aryl methyl sites for hydroxylation is 1. The zero-order valence-corrected chi connectivity index (χ0v) is 16.4. The molecule has 3 nitrogen and oxygen atoms in total. The van der Waals surface area contributed by atoms with Crippen LogP contribution in [0.25, 0.3) is 11.1 Å². The number of benzene rings is 3. The van der Waals surface area contributed by atoms with Crippen molar-refractivity contribution in [2.75, 3.05) is 0 Å². The van der Waals surface area contributed by atoms with Gasteiger partial charge in [-0.05, 0) is 66.3 Å². The van der Waals surface area contributed by atoms with E-state index in [0.29, 0.717) is 11.1 Å². The van der Waals surface area contributed by atoms with E-state index in [0.717, 1.165) is 46.7 Å². The summed E-state index contributed by atoms with van der Waals surface area (Å²) in [5.41, 5.74) is 3.81. The number of carboxylic acids is 1. The Labute approximate surface area is 169 Å². The molecule has 0 saturated carbocycles. The fourth-order valence-corrected chi connectivity index (χ4v) is 4.08. The smallest absolute Gasteiger partial charge is 0.336 e. The Morgan fingerprint density at radius 3 is 2.71 bits per heavy atom. The van der Waals surface area contributed by atoms with E-state index in [9.17, 15) is 9.90 Å². The summed E-state index contributed by atoms with van der Waals surface area (Å²) in [7, 11) is 0. The Morgan fingerprint density at radius 1 is 1.11 bits per heavy atom. The molecule has 0 aromatic heterocycles. The maximum absolute atomic E-state index is 11.6. The molecule has 4 heteroatoms. The van der Waals surface area contributed by atoms with Crippen LogP contribution < -0.4 is 4.74 Å². The van der Waals surface area contributed by atoms with Crippen LogP contribution in [0.1, 0.15) is 34.8 Å². The van der Waals surface area contributed by atoms with Gasteiger partial charge >= 0.3 is 5.97 Å². The van der Waals surface area contributed by atoms with Crippen molar-refractivity contribution in [2.45, 2.75) is 31.8 Å². The fraction of sp³-hybridized carbons (Fsp3) is 0.208. The van der Waals surface area contributed by atoms with Crippen LogP contribution in [0.2, 0.25) is 5.02 Å². The lowest BCUT2D eigenvalue weighted by Gasteiger charge is -2.36. The van der Waals surface area contributed by atoms with Crippen molar-refractivity contribution in [1.82, 2.24) is 0 Å². The topological polar surface area (TPSA) is 46.5 Å². The van der Waals surface area contributed by atoms with Gasteiger partial charge in [0, 0.05) is 11.4 Å². The van der Waals surface area contributed by atoms with E-state index in [1.54, 1.807) is 12.1 Å². The number of hydrogen-bond donors (Lipinski definition) is 1. The van der Waals surface area contributed by atoms with Crippen LogP contribution in [0.3, 0.4) is 0 Å². The Bertz CT molecular complexity index is 1040. The number of rotatable bonds is 4. The summed E-state index contributed by atoms with van der Waals surface area (Å²) in [6.07, 6.45) is 2.60. The van der Waals surface area contributed by atoms with Crippen molar-refractivity contribution in [3.05, 3.63) is 88.4 Å². The van der Waals surface area contributed by atoms with Crippen LogP contribution >= 0.6 is 11.6 Å². The first-order chi connectivity index (χ1) is 13.4. The number of carboxylic acid groups (broad SMARTS) is 1. The Balaban J connectivity index is 1.65. The quantitative estimate of drug-likeness (QED) is 0.589. The molecule has 0 radical (unpaired) electrons. The number of halogens is 1. The Hall–Kier alpha value is -2.78. The lowest BCUT2D eigenvalue weighted by atomic mass is 9.86. The number of hydrogen-bond acceptors (Lipinski definition) is 2. The molecule has 1 N–H and O–H groups in total. The highest BCUT2D eigenvalue weighted by Gasteiger charge is 2.32. The van der Waals surface area contributed by atoms with Gasteiger partial charge in [0.05, 0.1) is 5.56 Å². The van der Waals surface area contributed by atoms with Gasteiger partial charge in [0.2, 0.25) is 0 Å². The average Bonchev–Trinajstić information content (AvgIpc) is 2.67. The van der Waals surface area contributed by atoms with E-state index in [-0.39, 0.29) is 5.60 Å². The minimum absolute atomic E-state index is 0.292. The monoisotopic (exact) mass is 392 g/mol. The molecule has 3 aromatic carbocycles. The summed E-state index contributed by atoms with van der Waals surface area (Å²) in [4.78, 5) is 11.6. The normalized spacial score (nSPS) is 18.2. The molecule has 142 valence electrons. The fourth-order valence-electron chi connectivity index (χ4n) is 3.86. The van der Waals surface area contributed by atoms with Crippen molar-refractivity contribution < 1.29 is 14.6 Å². The second kappa shape index (κ2) is 7.33. The molecular formula is C24H21ClO3. The van der Waals surface area contributed by atoms with E-state index in [1.165, 1.54) is 0 Å². The molecule has 0 fully saturated rings. The third kappa shape index (κ3) is 3.76. The van der Waals surface area contributed by atoms with Gasteiger partial charge in [-0.2, -0.15) is 0 Å². The van der Waals surface area contributed by atoms with Gasteiger partial charge in [0.15, 0.2) is 0 Å². The van der Waals surface area contributed by atoms with Crippen LogP contribution in [0.15, 0.2) is 66.7 Å². The van der Waals surface area contributed by atoms with Crippen LogP contribution in [-0.4, -0.2) is 16.7 Å². The molecule has 28 heavy (non-hydrogen) atoms. The van der Waals surface area contributed by atoms with E-state index in [1.807, 2.05) is 48.5 Å². The van der Waals surface area contributed by atoms with Gasteiger partial charge < -0.3 is 9.84 Å². The van der Waals surface area contributed by atoms with Crippen molar-refractivity contribution in [3.8, 4) is 16.9 Å². The molecule has 1 unspecified atom stereocenters. The predicted molar refractivity (Wildman–Crippen MR) is 111 cm³/mol. The summed E-state index contributed by atoms with van der Waals surface area (Å²) in [5, 5.41) is 10.2. The minimum atomic E-state index is -0.931. The van der Waals surface area contributed by atoms with Crippen molar-refractivity contribution in [1.29, 1.82) is 0 Å². The molecule has 0 aliphatic carbocycles. The average molecular weight is 393 g/mol. The lowest BCUT2D eigenvalue weighted by Crippen LogP contribution is -2.38. The lowest BCUT2D eigenvalue weighted by molar-refractivity contribution is 0.0653. The predicted octanol–water partition coefficient (Wildman–Crippen LogP) is 6.03. The zero-order valence-electron chi connectivity index (χ0n) is 15.6. The molecule has 0 saturated heterocycles. The first kappa shape index (κ1) is 18.6. The summed E-state index contributed by atoms with van der Waals surface area (Å²) in [6.45, 7) is 2.12. The van der Waals surface area contributed by atoms with E-state index in [2.05, 4.69) is 13.0 Å². The van der Waals surface area contributed by atoms with E-state index < -0.39 is 5.97 Å². The summed E-state index contributed by atoms with van der Waals surface area (Å²) in [5.74, 6) is -0.103. The SMILES string of the molecule is CC1(Cc2cccc(Cl)c2)CCc2ccc(-c3ccccc3C(=O)O)cc2O1. The van der Waals surface area contributed by atoms with E-state index >= 15 is 0 Å². The number of carbonyl (C=O) groups is 1. The van der Waals surface area contributed by atoms with Gasteiger partial charge in [-0.3, -0.25) is 0 Å². The third-order valence-electron chi connectivity index (χ3n) is 5.28. The van der Waals surface area contributed by atoms with Gasteiger partial charge in [0.1, 0.15) is 11.4 Å². The molecule has 1 heterocycles. The van der Waals surface area contributed by atoms with Crippen LogP contribution in [-0.2, 0) is 12.8 Å². The second-order valence-electron chi connectivity index (χ2n) is 7.53. The van der Waals surface area contributed by atoms with Crippen LogP contribution in [0.5, 0.6) is 5.75 Å².